The molecule has 0 spiro atoms. The van der Waals surface area contributed by atoms with Crippen LogP contribution in [0, 0.1) is 5.92 Å². The lowest BCUT2D eigenvalue weighted by Gasteiger charge is -2.27. The number of benzene rings is 1. The molecule has 9 nitrogen and oxygen atoms in total. The minimum atomic E-state index is -3.47. The van der Waals surface area contributed by atoms with Gasteiger partial charge in [0.05, 0.1) is 31.5 Å². The number of hydrogen-bond donors (Lipinski definition) is 3. The number of nitrogens with one attached hydrogen (secondary N) is 3. The van der Waals surface area contributed by atoms with Crippen LogP contribution in [0.1, 0.15) is 50.1 Å². The smallest absolute Gasteiger partial charge is 0.256 e. The van der Waals surface area contributed by atoms with Gasteiger partial charge in [0.25, 0.3) is 5.56 Å². The van der Waals surface area contributed by atoms with Crippen LogP contribution in [0.2, 0.25) is 0 Å². The lowest BCUT2D eigenvalue weighted by atomic mass is 9.82. The third-order valence-electron chi connectivity index (χ3n) is 6.78. The fourth-order valence-corrected chi connectivity index (χ4v) is 5.83. The molecule has 2 aromatic heterocycles. The largest absolute Gasteiger partial charge is 0.496 e. The summed E-state index contributed by atoms with van der Waals surface area (Å²) in [6, 6.07) is 7.11. The Hall–Kier alpha value is -2.79. The molecule has 1 aliphatic heterocycles. The molecule has 1 saturated heterocycles. The van der Waals surface area contributed by atoms with Gasteiger partial charge in [0.15, 0.2) is 0 Å². The van der Waals surface area contributed by atoms with Crippen molar-refractivity contribution in [1.82, 2.24) is 20.0 Å². The van der Waals surface area contributed by atoms with Crippen LogP contribution < -0.4 is 20.3 Å². The average Bonchev–Trinajstić information content (AvgIpc) is 3.35. The third-order valence-corrected chi connectivity index (χ3v) is 7.47. The van der Waals surface area contributed by atoms with E-state index in [9.17, 15) is 13.2 Å². The molecule has 1 aromatic carbocycles. The number of rotatable bonds is 8. The lowest BCUT2D eigenvalue weighted by molar-refractivity contribution is 0.181. The van der Waals surface area contributed by atoms with E-state index in [2.05, 4.69) is 35.8 Å². The predicted molar refractivity (Wildman–Crippen MR) is 145 cm³/mol. The zero-order valence-corrected chi connectivity index (χ0v) is 23.1. The molecule has 3 aromatic rings. The summed E-state index contributed by atoms with van der Waals surface area (Å²) in [5.41, 5.74) is 3.61. The minimum Gasteiger partial charge on any atom is -0.496 e. The van der Waals surface area contributed by atoms with Crippen LogP contribution in [-0.2, 0) is 26.8 Å². The second kappa shape index (κ2) is 10.5. The first-order chi connectivity index (χ1) is 17.4. The van der Waals surface area contributed by atoms with E-state index >= 15 is 0 Å². The number of sulfonamides is 1. The molecule has 1 aliphatic rings. The van der Waals surface area contributed by atoms with Crippen LogP contribution in [0.25, 0.3) is 22.0 Å². The molecule has 0 bridgehead atoms. The van der Waals surface area contributed by atoms with Crippen LogP contribution in [-0.4, -0.2) is 52.0 Å². The van der Waals surface area contributed by atoms with Gasteiger partial charge in [-0.3, -0.25) is 9.78 Å². The van der Waals surface area contributed by atoms with Crippen molar-refractivity contribution in [2.24, 2.45) is 5.92 Å². The fraction of sp³-hybridized carbons (Fsp3) is 0.481. The van der Waals surface area contributed by atoms with Crippen molar-refractivity contribution < 1.29 is 17.9 Å². The van der Waals surface area contributed by atoms with E-state index in [1.54, 1.807) is 26.5 Å². The van der Waals surface area contributed by atoms with Gasteiger partial charge in [0.1, 0.15) is 5.75 Å². The molecule has 37 heavy (non-hydrogen) atoms. The topological polar surface area (TPSA) is 122 Å². The maximum Gasteiger partial charge on any atom is 0.256 e. The highest BCUT2D eigenvalue weighted by molar-refractivity contribution is 7.88. The van der Waals surface area contributed by atoms with Crippen molar-refractivity contribution in [3.63, 3.8) is 0 Å². The van der Waals surface area contributed by atoms with Crippen molar-refractivity contribution in [3.05, 3.63) is 57.6 Å². The molecule has 0 saturated carbocycles. The quantitative estimate of drug-likeness (QED) is 0.410. The molecule has 2 atom stereocenters. The highest BCUT2D eigenvalue weighted by Gasteiger charge is 2.31. The summed E-state index contributed by atoms with van der Waals surface area (Å²) in [4.78, 5) is 20.8. The van der Waals surface area contributed by atoms with Crippen molar-refractivity contribution in [2.75, 3.05) is 33.6 Å². The van der Waals surface area contributed by atoms with Crippen molar-refractivity contribution in [1.29, 1.82) is 0 Å². The number of aromatic amines is 1. The average molecular weight is 529 g/mol. The van der Waals surface area contributed by atoms with Gasteiger partial charge >= 0.3 is 0 Å². The predicted octanol–water partition coefficient (Wildman–Crippen LogP) is 3.24. The molecule has 4 rings (SSSR count). The number of ether oxygens (including phenoxy) is 2. The van der Waals surface area contributed by atoms with Crippen LogP contribution >= 0.6 is 0 Å². The van der Waals surface area contributed by atoms with E-state index in [1.807, 2.05) is 18.2 Å². The first-order valence-corrected chi connectivity index (χ1v) is 14.2. The van der Waals surface area contributed by atoms with E-state index < -0.39 is 16.1 Å². The van der Waals surface area contributed by atoms with Crippen LogP contribution in [0.15, 0.2) is 35.3 Å². The van der Waals surface area contributed by atoms with Gasteiger partial charge in [-0.2, -0.15) is 0 Å². The highest BCUT2D eigenvalue weighted by atomic mass is 32.2. The van der Waals surface area contributed by atoms with Crippen LogP contribution in [0.3, 0.4) is 0 Å². The van der Waals surface area contributed by atoms with Gasteiger partial charge in [0.2, 0.25) is 10.0 Å². The summed E-state index contributed by atoms with van der Waals surface area (Å²) < 4.78 is 38.4. The standard InChI is InChI=1S/C27H36N4O5S/c1-27(2,3)22-12-20(19-8-7-18(15-35-4)30-26(19)32)24-21(25(22)36-5)11-17(14-29-24)23(31-37(6,33)34)16-9-10-28-13-16/h7-8,11-12,14,16,23,28,31H,9-10,13,15H2,1-6H3,(H,30,32)/t16?,23-/m0/s1. The zero-order valence-electron chi connectivity index (χ0n) is 22.3. The highest BCUT2D eigenvalue weighted by Crippen LogP contribution is 2.42. The summed E-state index contributed by atoms with van der Waals surface area (Å²) in [6.45, 7) is 8.10. The number of methoxy groups -OCH3 is 2. The van der Waals surface area contributed by atoms with E-state index in [4.69, 9.17) is 14.5 Å². The summed E-state index contributed by atoms with van der Waals surface area (Å²) in [5.74, 6) is 0.747. The van der Waals surface area contributed by atoms with Gasteiger partial charge in [-0.1, -0.05) is 20.8 Å². The molecule has 0 aliphatic carbocycles. The van der Waals surface area contributed by atoms with Gasteiger partial charge in [0, 0.05) is 41.1 Å². The minimum absolute atomic E-state index is 0.0846. The zero-order chi connectivity index (χ0) is 27.0. The molecular weight excluding hydrogens is 492 g/mol. The number of H-pyrrole nitrogens is 1. The lowest BCUT2D eigenvalue weighted by Crippen LogP contribution is -2.33. The number of nitrogens with zero attached hydrogens (tertiary/aromatic N) is 1. The summed E-state index contributed by atoms with van der Waals surface area (Å²) in [7, 11) is -0.269. The Morgan fingerprint density at radius 1 is 1.19 bits per heavy atom. The van der Waals surface area contributed by atoms with Crippen molar-refractivity contribution in [2.45, 2.75) is 45.3 Å². The Labute approximate surface area is 218 Å². The Morgan fingerprint density at radius 2 is 1.95 bits per heavy atom. The van der Waals surface area contributed by atoms with Gasteiger partial charge in [-0.05, 0) is 60.7 Å². The molecule has 10 heteroatoms. The van der Waals surface area contributed by atoms with Crippen molar-refractivity contribution in [3.8, 4) is 16.9 Å². The van der Waals surface area contributed by atoms with E-state index in [0.29, 0.717) is 41.2 Å². The second-order valence-corrected chi connectivity index (χ2v) is 12.5. The summed E-state index contributed by atoms with van der Waals surface area (Å²) >= 11 is 0. The van der Waals surface area contributed by atoms with Gasteiger partial charge in [-0.15, -0.1) is 0 Å². The van der Waals surface area contributed by atoms with E-state index in [1.165, 1.54) is 6.26 Å². The van der Waals surface area contributed by atoms with E-state index in [-0.39, 0.29) is 16.9 Å². The number of pyridine rings is 2. The Bertz CT molecular complexity index is 1450. The molecule has 1 fully saturated rings. The third kappa shape index (κ3) is 5.87. The molecule has 200 valence electrons. The number of hydrogen-bond acceptors (Lipinski definition) is 7. The maximum atomic E-state index is 13.1. The van der Waals surface area contributed by atoms with Gasteiger partial charge < -0.3 is 19.8 Å². The molecule has 1 unspecified atom stereocenters. The normalized spacial score (nSPS) is 17.3. The molecule has 0 amide bonds. The fourth-order valence-electron chi connectivity index (χ4n) is 5.04. The maximum absolute atomic E-state index is 13.1. The Morgan fingerprint density at radius 3 is 2.51 bits per heavy atom. The molecule has 3 heterocycles. The molecule has 0 radical (unpaired) electrons. The summed E-state index contributed by atoms with van der Waals surface area (Å²) in [6.07, 6.45) is 3.72. The molecular formula is C27H36N4O5S. The van der Waals surface area contributed by atoms with Crippen LogP contribution in [0.5, 0.6) is 5.75 Å². The Kier molecular flexibility index (Phi) is 7.75. The van der Waals surface area contributed by atoms with Crippen LogP contribution in [0.4, 0.5) is 0 Å². The monoisotopic (exact) mass is 528 g/mol. The number of aromatic nitrogens is 2. The Balaban J connectivity index is 1.99. The number of fused-ring (bicyclic) bond motifs is 1. The summed E-state index contributed by atoms with van der Waals surface area (Å²) in [5, 5.41) is 4.05. The first kappa shape index (κ1) is 27.3. The van der Waals surface area contributed by atoms with Crippen molar-refractivity contribution >= 4 is 20.9 Å². The van der Waals surface area contributed by atoms with Gasteiger partial charge in [-0.25, -0.2) is 13.1 Å². The second-order valence-electron chi connectivity index (χ2n) is 10.7. The first-order valence-electron chi connectivity index (χ1n) is 12.3. The SMILES string of the molecule is COCc1ccc(-c2cc(C(C)(C)C)c(OC)c3cc([C@@H](NS(C)(=O)=O)C4CCNC4)cnc23)c(=O)[nH]1. The van der Waals surface area contributed by atoms with E-state index in [0.717, 1.165) is 29.5 Å². The molecule has 3 N–H and O–H groups in total.